The van der Waals surface area contributed by atoms with E-state index in [1.165, 1.54) is 64.5 Å². The number of halogens is 2. The average Bonchev–Trinajstić information content (AvgIpc) is 3.77. The topological polar surface area (TPSA) is 54.7 Å². The molecule has 10 rings (SSSR count). The zero-order valence-corrected chi connectivity index (χ0v) is 38.4. The number of hydrogen-bond acceptors (Lipinski definition) is 2. The van der Waals surface area contributed by atoms with E-state index in [1.807, 2.05) is 31.2 Å². The van der Waals surface area contributed by atoms with Crippen molar-refractivity contribution >= 4 is 99.6 Å². The molecule has 3 N–H and O–H groups in total. The fourth-order valence-corrected chi connectivity index (χ4v) is 12.7. The van der Waals surface area contributed by atoms with E-state index in [9.17, 15) is 0 Å². The van der Waals surface area contributed by atoms with Crippen LogP contribution in [0.25, 0.3) is 43.7 Å². The van der Waals surface area contributed by atoms with Crippen LogP contribution in [0.3, 0.4) is 0 Å². The van der Waals surface area contributed by atoms with E-state index in [0.717, 1.165) is 16.9 Å². The van der Waals surface area contributed by atoms with Gasteiger partial charge < -0.3 is 10.7 Å². The van der Waals surface area contributed by atoms with Crippen LogP contribution in [0.2, 0.25) is 0 Å². The summed E-state index contributed by atoms with van der Waals surface area (Å²) in [5.41, 5.74) is 10.4. The minimum Gasteiger partial charge on any atom is -0.0622 e. The molecule has 1 atom stereocenters. The monoisotopic (exact) mass is 955 g/mol. The largest absolute Gasteiger partial charge is 0.0622 e. The molecule has 8 heteroatoms. The number of imidazole rings is 1. The van der Waals surface area contributed by atoms with E-state index < -0.39 is 15.8 Å². The first-order valence-electron chi connectivity index (χ1n) is 20.0. The maximum Gasteiger partial charge on any atom is -0.000884 e. The standard InChI is InChI=1S/C44H32P2.C9H11N3.2ClH.Ru/c1-5-19-35(20-6-1)45(36-21-7-2-8-22-36)41-31-29-33-17-13-15-27-39(33)43(41)44-40-28-16-14-18-34(40)30-32-42(44)46(37-23-9-3-10-24-37)38-25-11-4-12-26-38;1-6(10)9-11-7-4-2-3-5-8(7)12-9;;;/h1-32H;2-6H,10H2,1H3,(H,11,12);2*1H;/q;;;;+2/p-2/t;6-;;;/m.1.../s1. The van der Waals surface area contributed by atoms with Crippen molar-refractivity contribution in [2.45, 2.75) is 13.0 Å². The van der Waals surface area contributed by atoms with E-state index in [2.05, 4.69) is 204 Å². The minimum absolute atomic E-state index is 0.0302. The Kier molecular flexibility index (Phi) is 14.5. The Hall–Kier alpha value is -5.01. The Bertz CT molecular complexity index is 2690. The van der Waals surface area contributed by atoms with Crippen molar-refractivity contribution in [2.24, 2.45) is 5.73 Å². The molecule has 0 aliphatic carbocycles. The predicted octanol–water partition coefficient (Wildman–Crippen LogP) is 12.1. The number of aromatic amines is 1. The Morgan fingerprint density at radius 3 is 1.18 bits per heavy atom. The fourth-order valence-electron chi connectivity index (χ4n) is 7.77. The van der Waals surface area contributed by atoms with Gasteiger partial charge in [-0.05, 0) is 99.4 Å². The van der Waals surface area contributed by atoms with Crippen LogP contribution in [-0.2, 0) is 15.1 Å². The normalized spacial score (nSPS) is 11.6. The Balaban J connectivity index is 0.000000290. The summed E-state index contributed by atoms with van der Waals surface area (Å²) in [6, 6.07) is 79.7. The van der Waals surface area contributed by atoms with Gasteiger partial charge in [-0.25, -0.2) is 4.98 Å². The second-order valence-corrected chi connectivity index (χ2v) is 21.4. The van der Waals surface area contributed by atoms with E-state index in [4.69, 9.17) is 25.1 Å². The zero-order chi connectivity index (χ0) is 42.0. The van der Waals surface area contributed by atoms with Gasteiger partial charge >= 0.3 is 34.5 Å². The third-order valence-corrected chi connectivity index (χ3v) is 15.4. The second kappa shape index (κ2) is 20.7. The summed E-state index contributed by atoms with van der Waals surface area (Å²) in [6.07, 6.45) is 0. The van der Waals surface area contributed by atoms with Crippen LogP contribution in [0, 0.1) is 0 Å². The van der Waals surface area contributed by atoms with Crippen molar-refractivity contribution in [3.63, 3.8) is 0 Å². The molecule has 0 aliphatic heterocycles. The molecule has 9 aromatic carbocycles. The van der Waals surface area contributed by atoms with Gasteiger partial charge in [0.2, 0.25) is 0 Å². The number of benzene rings is 9. The van der Waals surface area contributed by atoms with E-state index >= 15 is 0 Å². The number of nitrogens with two attached hydrogens (primary N) is 1. The molecule has 0 radical (unpaired) electrons. The molecule has 61 heavy (non-hydrogen) atoms. The van der Waals surface area contributed by atoms with Gasteiger partial charge in [-0.2, -0.15) is 0 Å². The first-order chi connectivity index (χ1) is 30.1. The zero-order valence-electron chi connectivity index (χ0n) is 33.4. The third kappa shape index (κ3) is 9.73. The predicted molar refractivity (Wildman–Crippen MR) is 265 cm³/mol. The Labute approximate surface area is 376 Å². The van der Waals surface area contributed by atoms with Crippen LogP contribution >= 0.6 is 35.2 Å². The molecular formula is C53H43Cl2N3P2Ru. The Morgan fingerprint density at radius 2 is 0.803 bits per heavy atom. The summed E-state index contributed by atoms with van der Waals surface area (Å²) in [4.78, 5) is 7.49. The van der Waals surface area contributed by atoms with Gasteiger partial charge in [-0.15, -0.1) is 0 Å². The van der Waals surface area contributed by atoms with Crippen LogP contribution in [0.1, 0.15) is 18.8 Å². The summed E-state index contributed by atoms with van der Waals surface area (Å²) in [6.45, 7) is 1.91. The van der Waals surface area contributed by atoms with Gasteiger partial charge in [0.05, 0.1) is 17.1 Å². The first kappa shape index (κ1) is 42.7. The number of H-pyrrole nitrogens is 1. The van der Waals surface area contributed by atoms with Crippen LogP contribution in [0.4, 0.5) is 0 Å². The van der Waals surface area contributed by atoms with Gasteiger partial charge in [0, 0.05) is 0 Å². The van der Waals surface area contributed by atoms with Crippen molar-refractivity contribution in [2.75, 3.05) is 0 Å². The molecule has 10 aromatic rings. The molecule has 0 unspecified atom stereocenters. The number of hydrogen-bond donors (Lipinski definition) is 2. The number of fused-ring (bicyclic) bond motifs is 3. The van der Waals surface area contributed by atoms with Crippen molar-refractivity contribution < 1.29 is 15.1 Å². The molecular weight excluding hydrogens is 913 g/mol. The van der Waals surface area contributed by atoms with Crippen LogP contribution in [0.5, 0.6) is 0 Å². The molecule has 1 heterocycles. The summed E-state index contributed by atoms with van der Waals surface area (Å²) in [5.74, 6) is 0.844. The number of nitrogens with zero attached hydrogens (tertiary/aromatic N) is 1. The number of aromatic nitrogens is 2. The molecule has 0 bridgehead atoms. The molecule has 0 aliphatic rings. The molecule has 3 nitrogen and oxygen atoms in total. The number of nitrogens with one attached hydrogen (secondary N) is 1. The van der Waals surface area contributed by atoms with Gasteiger partial charge in [-0.1, -0.05) is 206 Å². The minimum atomic E-state index is -0.852. The maximum atomic E-state index is 5.68. The molecule has 0 amide bonds. The third-order valence-electron chi connectivity index (χ3n) is 10.4. The molecule has 302 valence electrons. The summed E-state index contributed by atoms with van der Waals surface area (Å²) in [5, 5.41) is 13.3. The summed E-state index contributed by atoms with van der Waals surface area (Å²) >= 11 is -0.346. The maximum absolute atomic E-state index is 5.68. The molecule has 1 aromatic heterocycles. The van der Waals surface area contributed by atoms with Gasteiger partial charge in [0.1, 0.15) is 5.82 Å². The number of para-hydroxylation sites is 2. The molecule has 0 fully saturated rings. The number of rotatable bonds is 8. The SMILES string of the molecule is C[C@@H](N)c1nc2ccccc2[nH]1.[Cl][Ru][Cl].c1ccc(P(c2ccccc2)c2ccc3ccccc3c2-c2c(P(c3ccccc3)c3ccccc3)ccc3ccccc23)cc1. The smallest absolute Gasteiger partial charge is 0.000884 e. The summed E-state index contributed by atoms with van der Waals surface area (Å²) < 4.78 is 0. The second-order valence-electron chi connectivity index (χ2n) is 14.4. The van der Waals surface area contributed by atoms with E-state index in [1.54, 1.807) is 0 Å². The van der Waals surface area contributed by atoms with Gasteiger partial charge in [0.15, 0.2) is 0 Å². The van der Waals surface area contributed by atoms with Gasteiger partial charge in [0.25, 0.3) is 0 Å². The van der Waals surface area contributed by atoms with E-state index in [0.29, 0.717) is 0 Å². The molecule has 0 saturated heterocycles. The van der Waals surface area contributed by atoms with Crippen molar-refractivity contribution in [3.05, 3.63) is 224 Å². The van der Waals surface area contributed by atoms with Crippen molar-refractivity contribution in [3.8, 4) is 11.1 Å². The van der Waals surface area contributed by atoms with Crippen molar-refractivity contribution in [1.29, 1.82) is 0 Å². The van der Waals surface area contributed by atoms with Crippen LogP contribution in [-0.4, -0.2) is 9.97 Å². The van der Waals surface area contributed by atoms with Crippen LogP contribution in [0.15, 0.2) is 218 Å². The summed E-state index contributed by atoms with van der Waals surface area (Å²) in [7, 11) is 8.00. The Morgan fingerprint density at radius 1 is 0.459 bits per heavy atom. The fraction of sp³-hybridized carbons (Fsp3) is 0.0377. The van der Waals surface area contributed by atoms with Crippen molar-refractivity contribution in [1.82, 2.24) is 9.97 Å². The average molecular weight is 956 g/mol. The molecule has 0 spiro atoms. The van der Waals surface area contributed by atoms with Crippen LogP contribution < -0.4 is 37.6 Å². The van der Waals surface area contributed by atoms with Gasteiger partial charge in [-0.3, -0.25) is 0 Å². The molecule has 0 saturated carbocycles. The quantitative estimate of drug-likeness (QED) is 0.118. The van der Waals surface area contributed by atoms with E-state index in [-0.39, 0.29) is 21.2 Å². The first-order valence-corrected chi connectivity index (χ1v) is 27.1.